The van der Waals surface area contributed by atoms with Crippen molar-refractivity contribution >= 4 is 23.2 Å². The summed E-state index contributed by atoms with van der Waals surface area (Å²) in [5, 5.41) is 2.91. The Morgan fingerprint density at radius 1 is 1.00 bits per heavy atom. The van der Waals surface area contributed by atoms with Gasteiger partial charge in [0.1, 0.15) is 17.2 Å². The molecule has 2 amide bonds. The number of nitrogens with one attached hydrogen (secondary N) is 1. The van der Waals surface area contributed by atoms with Crippen LogP contribution in [0.5, 0.6) is 17.2 Å². The minimum absolute atomic E-state index is 0.00445. The molecule has 0 saturated heterocycles. The van der Waals surface area contributed by atoms with Crippen LogP contribution in [0.2, 0.25) is 0 Å². The quantitative estimate of drug-likeness (QED) is 0.434. The number of hydrogen-bond acceptors (Lipinski definition) is 5. The van der Waals surface area contributed by atoms with E-state index in [9.17, 15) is 9.59 Å². The van der Waals surface area contributed by atoms with Crippen LogP contribution in [0.4, 0.5) is 11.4 Å². The Balaban J connectivity index is 1.35. The molecular formula is C28H30N2O5. The van der Waals surface area contributed by atoms with E-state index in [1.165, 1.54) is 5.56 Å². The van der Waals surface area contributed by atoms with Crippen LogP contribution in [-0.4, -0.2) is 38.7 Å². The predicted molar refractivity (Wildman–Crippen MR) is 136 cm³/mol. The summed E-state index contributed by atoms with van der Waals surface area (Å²) in [7, 11) is 1.60. The van der Waals surface area contributed by atoms with Crippen molar-refractivity contribution in [2.24, 2.45) is 0 Å². The summed E-state index contributed by atoms with van der Waals surface area (Å²) in [6.07, 6.45) is 1.88. The lowest BCUT2D eigenvalue weighted by atomic mass is 10.1. The smallest absolute Gasteiger partial charge is 0.265 e. The Kier molecular flexibility index (Phi) is 7.88. The van der Waals surface area contributed by atoms with Gasteiger partial charge < -0.3 is 24.4 Å². The summed E-state index contributed by atoms with van der Waals surface area (Å²) in [5.41, 5.74) is 3.40. The van der Waals surface area contributed by atoms with Crippen LogP contribution in [0.3, 0.4) is 0 Å². The molecule has 0 unspecified atom stereocenters. The Morgan fingerprint density at radius 3 is 2.43 bits per heavy atom. The fourth-order valence-electron chi connectivity index (χ4n) is 3.89. The predicted octanol–water partition coefficient (Wildman–Crippen LogP) is 4.63. The van der Waals surface area contributed by atoms with Crippen molar-refractivity contribution in [3.63, 3.8) is 0 Å². The zero-order valence-electron chi connectivity index (χ0n) is 20.1. The molecule has 3 aromatic carbocycles. The number of nitrogens with zero attached hydrogens (tertiary/aromatic N) is 1. The highest BCUT2D eigenvalue weighted by Crippen LogP contribution is 2.34. The molecule has 4 rings (SSSR count). The van der Waals surface area contributed by atoms with Crippen LogP contribution in [0.25, 0.3) is 0 Å². The number of ether oxygens (including phenoxy) is 3. The normalized spacial score (nSPS) is 12.5. The van der Waals surface area contributed by atoms with E-state index in [2.05, 4.69) is 24.4 Å². The van der Waals surface area contributed by atoms with Crippen molar-refractivity contribution in [3.05, 3.63) is 77.9 Å². The summed E-state index contributed by atoms with van der Waals surface area (Å²) in [6.45, 7) is 3.09. The molecular weight excluding hydrogens is 444 g/mol. The van der Waals surface area contributed by atoms with Gasteiger partial charge in [0, 0.05) is 12.2 Å². The topological polar surface area (TPSA) is 77.1 Å². The minimum Gasteiger partial charge on any atom is -0.497 e. The summed E-state index contributed by atoms with van der Waals surface area (Å²) in [4.78, 5) is 26.8. The first-order valence-electron chi connectivity index (χ1n) is 11.8. The number of hydrogen-bond donors (Lipinski definition) is 1. The molecule has 1 aliphatic heterocycles. The lowest BCUT2D eigenvalue weighted by molar-refractivity contribution is -0.121. The first-order chi connectivity index (χ1) is 17.1. The van der Waals surface area contributed by atoms with Gasteiger partial charge in [-0.05, 0) is 66.4 Å². The van der Waals surface area contributed by atoms with Crippen LogP contribution in [0, 0.1) is 0 Å². The first-order valence-corrected chi connectivity index (χ1v) is 11.8. The van der Waals surface area contributed by atoms with Gasteiger partial charge in [0.25, 0.3) is 5.91 Å². The molecule has 182 valence electrons. The van der Waals surface area contributed by atoms with Crippen LogP contribution >= 0.6 is 0 Å². The highest BCUT2D eigenvalue weighted by molar-refractivity contribution is 5.99. The van der Waals surface area contributed by atoms with Crippen molar-refractivity contribution in [3.8, 4) is 17.2 Å². The molecule has 1 aliphatic rings. The summed E-state index contributed by atoms with van der Waals surface area (Å²) < 4.78 is 16.6. The third-order valence-electron chi connectivity index (χ3n) is 5.84. The molecule has 7 heteroatoms. The number of rotatable bonds is 10. The second-order valence-electron chi connectivity index (χ2n) is 8.29. The van der Waals surface area contributed by atoms with Gasteiger partial charge in [-0.25, -0.2) is 0 Å². The van der Waals surface area contributed by atoms with Crippen LogP contribution in [0.15, 0.2) is 66.7 Å². The van der Waals surface area contributed by atoms with Crippen LogP contribution < -0.4 is 24.4 Å². The van der Waals surface area contributed by atoms with Gasteiger partial charge in [-0.2, -0.15) is 0 Å². The van der Waals surface area contributed by atoms with Gasteiger partial charge in [-0.15, -0.1) is 0 Å². The largest absolute Gasteiger partial charge is 0.497 e. The SMILES string of the molecule is CCc1ccc(OCCCN2C(=O)COc3ccc(NC(=O)Cc4ccc(OC)cc4)cc32)cc1. The molecule has 0 atom stereocenters. The summed E-state index contributed by atoms with van der Waals surface area (Å²) in [6, 6.07) is 20.8. The monoisotopic (exact) mass is 474 g/mol. The number of methoxy groups -OCH3 is 1. The standard InChI is InChI=1S/C28H30N2O5/c1-3-20-5-12-24(13-6-20)34-16-4-15-30-25-18-22(9-14-26(25)35-19-28(30)32)29-27(31)17-21-7-10-23(33-2)11-8-21/h5-14,18H,3-4,15-17,19H2,1-2H3,(H,29,31). The Bertz CT molecular complexity index is 1160. The summed E-state index contributed by atoms with van der Waals surface area (Å²) in [5.74, 6) is 1.92. The average molecular weight is 475 g/mol. The van der Waals surface area contributed by atoms with Gasteiger partial charge >= 0.3 is 0 Å². The molecule has 1 heterocycles. The molecule has 0 aromatic heterocycles. The lowest BCUT2D eigenvalue weighted by Gasteiger charge is -2.30. The van der Waals surface area contributed by atoms with Crippen molar-refractivity contribution in [2.45, 2.75) is 26.2 Å². The minimum atomic E-state index is -0.146. The molecule has 1 N–H and O–H groups in total. The van der Waals surface area contributed by atoms with E-state index in [1.54, 1.807) is 30.2 Å². The molecule has 0 bridgehead atoms. The van der Waals surface area contributed by atoms with Gasteiger partial charge in [0.05, 0.1) is 25.8 Å². The lowest BCUT2D eigenvalue weighted by Crippen LogP contribution is -2.39. The van der Waals surface area contributed by atoms with Crippen molar-refractivity contribution in [1.29, 1.82) is 0 Å². The molecule has 0 radical (unpaired) electrons. The second-order valence-corrected chi connectivity index (χ2v) is 8.29. The number of fused-ring (bicyclic) bond motifs is 1. The highest BCUT2D eigenvalue weighted by atomic mass is 16.5. The van der Waals surface area contributed by atoms with E-state index in [0.29, 0.717) is 36.7 Å². The maximum atomic E-state index is 12.6. The van der Waals surface area contributed by atoms with Gasteiger partial charge in [-0.1, -0.05) is 31.2 Å². The highest BCUT2D eigenvalue weighted by Gasteiger charge is 2.25. The van der Waals surface area contributed by atoms with Gasteiger partial charge in [-0.3, -0.25) is 9.59 Å². The fraction of sp³-hybridized carbons (Fsp3) is 0.286. The van der Waals surface area contributed by atoms with E-state index >= 15 is 0 Å². The third kappa shape index (κ3) is 6.32. The Hall–Kier alpha value is -4.00. The van der Waals surface area contributed by atoms with Crippen molar-refractivity contribution in [2.75, 3.05) is 37.1 Å². The van der Waals surface area contributed by atoms with E-state index in [0.717, 1.165) is 23.5 Å². The molecule has 0 spiro atoms. The number of benzene rings is 3. The molecule has 0 saturated carbocycles. The number of anilines is 2. The molecule has 0 fully saturated rings. The first kappa shape index (κ1) is 24.1. The van der Waals surface area contributed by atoms with E-state index in [-0.39, 0.29) is 24.8 Å². The van der Waals surface area contributed by atoms with E-state index in [1.807, 2.05) is 36.4 Å². The van der Waals surface area contributed by atoms with Crippen molar-refractivity contribution in [1.82, 2.24) is 0 Å². The van der Waals surface area contributed by atoms with Gasteiger partial charge in [0.15, 0.2) is 6.61 Å². The zero-order valence-corrected chi connectivity index (χ0v) is 20.1. The molecule has 35 heavy (non-hydrogen) atoms. The number of carbonyl (C=O) groups is 2. The Labute approximate surface area is 205 Å². The maximum absolute atomic E-state index is 12.6. The van der Waals surface area contributed by atoms with Crippen LogP contribution in [0.1, 0.15) is 24.5 Å². The van der Waals surface area contributed by atoms with E-state index in [4.69, 9.17) is 14.2 Å². The third-order valence-corrected chi connectivity index (χ3v) is 5.84. The number of carbonyl (C=O) groups excluding carboxylic acids is 2. The number of aryl methyl sites for hydroxylation is 1. The van der Waals surface area contributed by atoms with Crippen LogP contribution in [-0.2, 0) is 22.4 Å². The van der Waals surface area contributed by atoms with Gasteiger partial charge in [0.2, 0.25) is 5.91 Å². The average Bonchev–Trinajstić information content (AvgIpc) is 2.88. The zero-order chi connectivity index (χ0) is 24.6. The maximum Gasteiger partial charge on any atom is 0.265 e. The molecule has 0 aliphatic carbocycles. The molecule has 7 nitrogen and oxygen atoms in total. The van der Waals surface area contributed by atoms with E-state index < -0.39 is 0 Å². The Morgan fingerprint density at radius 2 is 1.71 bits per heavy atom. The second kappa shape index (κ2) is 11.4. The molecule has 3 aromatic rings. The fourth-order valence-corrected chi connectivity index (χ4v) is 3.89. The number of amides is 2. The van der Waals surface area contributed by atoms with Crippen molar-refractivity contribution < 1.29 is 23.8 Å². The summed E-state index contributed by atoms with van der Waals surface area (Å²) >= 11 is 0.